The van der Waals surface area contributed by atoms with Crippen LogP contribution in [-0.2, 0) is 0 Å². The third-order valence-corrected chi connectivity index (χ3v) is 3.57. The second-order valence-corrected chi connectivity index (χ2v) is 5.48. The van der Waals surface area contributed by atoms with Crippen molar-refractivity contribution in [3.05, 3.63) is 11.4 Å². The molecule has 4 nitrogen and oxygen atoms in total. The summed E-state index contributed by atoms with van der Waals surface area (Å²) in [7, 11) is 0. The highest BCUT2D eigenvalue weighted by molar-refractivity contribution is 7.98. The number of hydrogen-bond donors (Lipinski definition) is 2. The number of rotatable bonds is 7. The molecule has 1 rings (SSSR count). The Hall–Kier alpha value is -0.970. The monoisotopic (exact) mass is 268 g/mol. The third kappa shape index (κ3) is 4.37. The highest BCUT2D eigenvalue weighted by atomic mass is 32.2. The SMILES string of the molecule is CCNc1nc(C)nc(NCC(C)CSC)c1C. The Morgan fingerprint density at radius 3 is 2.33 bits per heavy atom. The lowest BCUT2D eigenvalue weighted by atomic mass is 10.2. The highest BCUT2D eigenvalue weighted by Crippen LogP contribution is 2.20. The van der Waals surface area contributed by atoms with Gasteiger partial charge in [0.1, 0.15) is 17.5 Å². The molecule has 0 radical (unpaired) electrons. The largest absolute Gasteiger partial charge is 0.370 e. The van der Waals surface area contributed by atoms with Gasteiger partial charge in [0.25, 0.3) is 0 Å². The van der Waals surface area contributed by atoms with Gasteiger partial charge in [-0.1, -0.05) is 6.92 Å². The van der Waals surface area contributed by atoms with E-state index in [1.54, 1.807) is 0 Å². The third-order valence-electron chi connectivity index (χ3n) is 2.67. The Morgan fingerprint density at radius 1 is 1.17 bits per heavy atom. The molecule has 0 spiro atoms. The predicted molar refractivity (Wildman–Crippen MR) is 81.7 cm³/mol. The molecule has 1 aromatic heterocycles. The smallest absolute Gasteiger partial charge is 0.134 e. The molecule has 0 saturated carbocycles. The van der Waals surface area contributed by atoms with Gasteiger partial charge in [-0.05, 0) is 38.7 Å². The van der Waals surface area contributed by atoms with Crippen molar-refractivity contribution in [2.75, 3.05) is 35.7 Å². The van der Waals surface area contributed by atoms with Crippen LogP contribution in [0.1, 0.15) is 25.2 Å². The lowest BCUT2D eigenvalue weighted by Gasteiger charge is -2.16. The summed E-state index contributed by atoms with van der Waals surface area (Å²) in [5.41, 5.74) is 1.10. The fourth-order valence-electron chi connectivity index (χ4n) is 1.75. The second kappa shape index (κ2) is 7.46. The van der Waals surface area contributed by atoms with Gasteiger partial charge in [-0.15, -0.1) is 0 Å². The zero-order valence-corrected chi connectivity index (χ0v) is 12.8. The normalized spacial score (nSPS) is 12.3. The Bertz CT molecular complexity index is 381. The number of nitrogens with zero attached hydrogens (tertiary/aromatic N) is 2. The standard InChI is InChI=1S/C13H24N4S/c1-6-14-12-10(3)13(17-11(4)16-12)15-7-9(2)8-18-5/h9H,6-8H2,1-5H3,(H2,14,15,16,17). The van der Waals surface area contributed by atoms with Crippen LogP contribution < -0.4 is 10.6 Å². The Morgan fingerprint density at radius 2 is 1.78 bits per heavy atom. The molecule has 1 unspecified atom stereocenters. The number of aromatic nitrogens is 2. The van der Waals surface area contributed by atoms with Crippen LogP contribution in [0, 0.1) is 19.8 Å². The summed E-state index contributed by atoms with van der Waals surface area (Å²) in [5.74, 6) is 4.49. The van der Waals surface area contributed by atoms with Crippen LogP contribution in [0.3, 0.4) is 0 Å². The molecule has 5 heteroatoms. The summed E-state index contributed by atoms with van der Waals surface area (Å²) in [6, 6.07) is 0. The molecule has 0 aliphatic rings. The molecule has 0 bridgehead atoms. The van der Waals surface area contributed by atoms with Gasteiger partial charge in [-0.25, -0.2) is 9.97 Å². The van der Waals surface area contributed by atoms with Gasteiger partial charge in [0.15, 0.2) is 0 Å². The minimum absolute atomic E-state index is 0.636. The summed E-state index contributed by atoms with van der Waals surface area (Å²) >= 11 is 1.88. The van der Waals surface area contributed by atoms with Crippen LogP contribution >= 0.6 is 11.8 Å². The number of anilines is 2. The van der Waals surface area contributed by atoms with E-state index in [-0.39, 0.29) is 0 Å². The van der Waals surface area contributed by atoms with Gasteiger partial charge in [-0.3, -0.25) is 0 Å². The minimum Gasteiger partial charge on any atom is -0.370 e. The van der Waals surface area contributed by atoms with Gasteiger partial charge in [0, 0.05) is 18.7 Å². The van der Waals surface area contributed by atoms with Crippen molar-refractivity contribution in [2.24, 2.45) is 5.92 Å². The first-order valence-electron chi connectivity index (χ1n) is 6.40. The van der Waals surface area contributed by atoms with Gasteiger partial charge in [-0.2, -0.15) is 11.8 Å². The van der Waals surface area contributed by atoms with Crippen LogP contribution in [0.4, 0.5) is 11.6 Å². The molecular formula is C13H24N4S. The molecular weight excluding hydrogens is 244 g/mol. The second-order valence-electron chi connectivity index (χ2n) is 4.56. The van der Waals surface area contributed by atoms with Crippen molar-refractivity contribution in [1.29, 1.82) is 0 Å². The molecule has 0 aromatic carbocycles. The van der Waals surface area contributed by atoms with E-state index in [2.05, 4.69) is 47.6 Å². The molecule has 0 aliphatic carbocycles. The van der Waals surface area contributed by atoms with E-state index in [4.69, 9.17) is 0 Å². The maximum atomic E-state index is 4.48. The Labute approximate surface area is 114 Å². The summed E-state index contributed by atoms with van der Waals surface area (Å²) in [6.07, 6.45) is 2.14. The van der Waals surface area contributed by atoms with E-state index in [1.165, 1.54) is 0 Å². The Kier molecular flexibility index (Phi) is 6.25. The molecule has 0 amide bonds. The lowest BCUT2D eigenvalue weighted by Crippen LogP contribution is -2.16. The van der Waals surface area contributed by atoms with Crippen molar-refractivity contribution in [3.63, 3.8) is 0 Å². The average Bonchev–Trinajstić information content (AvgIpc) is 2.32. The van der Waals surface area contributed by atoms with Crippen molar-refractivity contribution < 1.29 is 0 Å². The van der Waals surface area contributed by atoms with E-state index in [9.17, 15) is 0 Å². The summed E-state index contributed by atoms with van der Waals surface area (Å²) < 4.78 is 0. The summed E-state index contributed by atoms with van der Waals surface area (Å²) in [4.78, 5) is 8.90. The number of aryl methyl sites for hydroxylation is 1. The lowest BCUT2D eigenvalue weighted by molar-refractivity contribution is 0.698. The Balaban J connectivity index is 2.75. The molecule has 1 heterocycles. The van der Waals surface area contributed by atoms with E-state index in [1.807, 2.05) is 18.7 Å². The minimum atomic E-state index is 0.636. The van der Waals surface area contributed by atoms with Crippen molar-refractivity contribution in [2.45, 2.75) is 27.7 Å². The topological polar surface area (TPSA) is 49.8 Å². The number of thioether (sulfide) groups is 1. The number of hydrogen-bond acceptors (Lipinski definition) is 5. The molecule has 1 aromatic rings. The fourth-order valence-corrected chi connectivity index (χ4v) is 2.44. The van der Waals surface area contributed by atoms with Crippen LogP contribution in [0.15, 0.2) is 0 Å². The molecule has 0 aliphatic heterocycles. The van der Waals surface area contributed by atoms with Crippen molar-refractivity contribution >= 4 is 23.4 Å². The predicted octanol–water partition coefficient (Wildman–Crippen LogP) is 2.94. The summed E-state index contributed by atoms with van der Waals surface area (Å²) in [5, 5.41) is 6.71. The fraction of sp³-hybridized carbons (Fsp3) is 0.692. The van der Waals surface area contributed by atoms with Crippen molar-refractivity contribution in [3.8, 4) is 0 Å². The first-order chi connectivity index (χ1) is 8.58. The summed E-state index contributed by atoms with van der Waals surface area (Å²) in [6.45, 7) is 10.1. The van der Waals surface area contributed by atoms with E-state index in [0.717, 1.165) is 41.9 Å². The van der Waals surface area contributed by atoms with Crippen LogP contribution in [0.2, 0.25) is 0 Å². The molecule has 0 fully saturated rings. The van der Waals surface area contributed by atoms with Gasteiger partial charge in [0.2, 0.25) is 0 Å². The molecule has 2 N–H and O–H groups in total. The van der Waals surface area contributed by atoms with Gasteiger partial charge >= 0.3 is 0 Å². The maximum Gasteiger partial charge on any atom is 0.134 e. The first-order valence-corrected chi connectivity index (χ1v) is 7.79. The van der Waals surface area contributed by atoms with Gasteiger partial charge < -0.3 is 10.6 Å². The van der Waals surface area contributed by atoms with Crippen molar-refractivity contribution in [1.82, 2.24) is 9.97 Å². The van der Waals surface area contributed by atoms with E-state index >= 15 is 0 Å². The van der Waals surface area contributed by atoms with Gasteiger partial charge in [0.05, 0.1) is 0 Å². The van der Waals surface area contributed by atoms with E-state index in [0.29, 0.717) is 5.92 Å². The maximum absolute atomic E-state index is 4.48. The zero-order valence-electron chi connectivity index (χ0n) is 12.0. The molecule has 0 saturated heterocycles. The first kappa shape index (κ1) is 15.1. The molecule has 1 atom stereocenters. The highest BCUT2D eigenvalue weighted by Gasteiger charge is 2.09. The quantitative estimate of drug-likeness (QED) is 0.796. The van der Waals surface area contributed by atoms with Crippen LogP contribution in [0.5, 0.6) is 0 Å². The van der Waals surface area contributed by atoms with Crippen LogP contribution in [0.25, 0.3) is 0 Å². The van der Waals surface area contributed by atoms with Crippen LogP contribution in [-0.4, -0.2) is 35.1 Å². The van der Waals surface area contributed by atoms with E-state index < -0.39 is 0 Å². The zero-order chi connectivity index (χ0) is 13.5. The molecule has 18 heavy (non-hydrogen) atoms. The molecule has 102 valence electrons. The average molecular weight is 268 g/mol. The number of nitrogens with one attached hydrogen (secondary N) is 2.